The first kappa shape index (κ1) is 20.1. The molecule has 0 aliphatic rings. The predicted octanol–water partition coefficient (Wildman–Crippen LogP) is 2.11. The number of sulfone groups is 1. The molecular weight excluding hydrogens is 380 g/mol. The molecule has 0 spiro atoms. The maximum Gasteiger partial charge on any atom is 0.247 e. The predicted molar refractivity (Wildman–Crippen MR) is 99.1 cm³/mol. The van der Waals surface area contributed by atoms with E-state index in [-0.39, 0.29) is 13.3 Å². The molecule has 1 aromatic carbocycles. The lowest BCUT2D eigenvalue weighted by Crippen LogP contribution is -2.12. The van der Waals surface area contributed by atoms with Gasteiger partial charge in [-0.05, 0) is 69.7 Å². The number of benzene rings is 1. The molecule has 0 saturated carbocycles. The Morgan fingerprint density at radius 2 is 1.52 bits per heavy atom. The van der Waals surface area contributed by atoms with Crippen molar-refractivity contribution in [3.63, 3.8) is 0 Å². The van der Waals surface area contributed by atoms with E-state index in [9.17, 15) is 16.8 Å². The van der Waals surface area contributed by atoms with Crippen molar-refractivity contribution in [3.05, 3.63) is 42.0 Å². The molecule has 0 saturated heterocycles. The standard InChI is InChI=1S/C16H22N2O4S3/c1-18(2)12-4-3-5-13-6-8-14(9-7-13)24(19,20)15-10-11-16(23-15)25(17,21)22/h6-11H,3-5,12H2,1-2H3,(H2,17,21,22). The van der Waals surface area contributed by atoms with Crippen molar-refractivity contribution >= 4 is 31.2 Å². The molecule has 0 aliphatic carbocycles. The molecule has 0 unspecified atom stereocenters. The van der Waals surface area contributed by atoms with E-state index < -0.39 is 19.9 Å². The van der Waals surface area contributed by atoms with E-state index in [1.54, 1.807) is 24.3 Å². The smallest absolute Gasteiger partial charge is 0.247 e. The topological polar surface area (TPSA) is 97.5 Å². The summed E-state index contributed by atoms with van der Waals surface area (Å²) in [5.74, 6) is 0. The highest BCUT2D eigenvalue weighted by molar-refractivity contribution is 7.95. The van der Waals surface area contributed by atoms with Gasteiger partial charge in [-0.2, -0.15) is 0 Å². The van der Waals surface area contributed by atoms with E-state index >= 15 is 0 Å². The maximum atomic E-state index is 12.6. The number of aryl methyl sites for hydroxylation is 1. The average Bonchev–Trinajstić information content (AvgIpc) is 3.03. The van der Waals surface area contributed by atoms with Crippen LogP contribution in [0.3, 0.4) is 0 Å². The molecular formula is C16H22N2O4S3. The van der Waals surface area contributed by atoms with Crippen molar-refractivity contribution in [3.8, 4) is 0 Å². The SMILES string of the molecule is CN(C)CCCCc1ccc(S(=O)(=O)c2ccc(S(N)(=O)=O)s2)cc1. The molecule has 0 fully saturated rings. The summed E-state index contributed by atoms with van der Waals surface area (Å²) in [6.45, 7) is 1.03. The minimum Gasteiger partial charge on any atom is -0.309 e. The number of hydrogen-bond donors (Lipinski definition) is 1. The van der Waals surface area contributed by atoms with Crippen molar-refractivity contribution < 1.29 is 16.8 Å². The number of thiophene rings is 1. The number of rotatable bonds is 8. The molecule has 2 N–H and O–H groups in total. The number of nitrogens with two attached hydrogens (primary N) is 1. The van der Waals surface area contributed by atoms with Crippen LogP contribution in [0, 0.1) is 0 Å². The Morgan fingerprint density at radius 1 is 0.920 bits per heavy atom. The van der Waals surface area contributed by atoms with Crippen LogP contribution in [0.4, 0.5) is 0 Å². The summed E-state index contributed by atoms with van der Waals surface area (Å²) in [5, 5.41) is 5.03. The highest BCUT2D eigenvalue weighted by atomic mass is 32.3. The van der Waals surface area contributed by atoms with Gasteiger partial charge in [0.15, 0.2) is 0 Å². The molecule has 0 atom stereocenters. The molecule has 0 aliphatic heterocycles. The Morgan fingerprint density at radius 3 is 2.04 bits per heavy atom. The van der Waals surface area contributed by atoms with E-state index in [0.717, 1.165) is 31.4 Å². The zero-order valence-electron chi connectivity index (χ0n) is 14.2. The Balaban J connectivity index is 2.11. The van der Waals surface area contributed by atoms with Gasteiger partial charge in [0.2, 0.25) is 19.9 Å². The van der Waals surface area contributed by atoms with Crippen LogP contribution >= 0.6 is 11.3 Å². The lowest BCUT2D eigenvalue weighted by atomic mass is 10.1. The second kappa shape index (κ2) is 7.96. The van der Waals surface area contributed by atoms with Crippen LogP contribution in [0.1, 0.15) is 18.4 Å². The highest BCUT2D eigenvalue weighted by Gasteiger charge is 2.22. The van der Waals surface area contributed by atoms with Crippen molar-refractivity contribution in [2.45, 2.75) is 32.6 Å². The third-order valence-corrected chi connectivity index (χ3v) is 8.44. The molecule has 2 aromatic rings. The number of primary sulfonamides is 1. The molecule has 6 nitrogen and oxygen atoms in total. The number of nitrogens with zero attached hydrogens (tertiary/aromatic N) is 1. The molecule has 0 bridgehead atoms. The first-order valence-electron chi connectivity index (χ1n) is 7.72. The fourth-order valence-electron chi connectivity index (χ4n) is 2.31. The quantitative estimate of drug-likeness (QED) is 0.682. The van der Waals surface area contributed by atoms with Crippen LogP contribution < -0.4 is 5.14 Å². The third-order valence-electron chi connectivity index (χ3n) is 3.66. The normalized spacial score (nSPS) is 12.6. The molecule has 0 radical (unpaired) electrons. The van der Waals surface area contributed by atoms with Crippen molar-refractivity contribution in [1.29, 1.82) is 0 Å². The molecule has 2 rings (SSSR count). The van der Waals surface area contributed by atoms with Crippen LogP contribution in [-0.2, 0) is 26.3 Å². The molecule has 9 heteroatoms. The lowest BCUT2D eigenvalue weighted by Gasteiger charge is -2.09. The van der Waals surface area contributed by atoms with E-state index in [2.05, 4.69) is 4.90 Å². The van der Waals surface area contributed by atoms with Crippen LogP contribution in [0.25, 0.3) is 0 Å². The average molecular weight is 403 g/mol. The number of unbranched alkanes of at least 4 members (excludes halogenated alkanes) is 1. The van der Waals surface area contributed by atoms with Gasteiger partial charge >= 0.3 is 0 Å². The minimum absolute atomic E-state index is 0.0322. The van der Waals surface area contributed by atoms with Gasteiger partial charge in [0, 0.05) is 0 Å². The van der Waals surface area contributed by atoms with E-state index in [4.69, 9.17) is 5.14 Å². The largest absolute Gasteiger partial charge is 0.309 e. The van der Waals surface area contributed by atoms with Crippen molar-refractivity contribution in [2.24, 2.45) is 5.14 Å². The first-order valence-corrected chi connectivity index (χ1v) is 11.6. The van der Waals surface area contributed by atoms with Gasteiger partial charge in [0.25, 0.3) is 0 Å². The Kier molecular flexibility index (Phi) is 6.39. The van der Waals surface area contributed by atoms with Gasteiger partial charge in [-0.15, -0.1) is 11.3 Å². The molecule has 138 valence electrons. The third kappa shape index (κ3) is 5.35. The van der Waals surface area contributed by atoms with Gasteiger partial charge in [-0.3, -0.25) is 0 Å². The summed E-state index contributed by atoms with van der Waals surface area (Å²) >= 11 is 0.660. The van der Waals surface area contributed by atoms with Crippen LogP contribution in [-0.4, -0.2) is 42.4 Å². The summed E-state index contributed by atoms with van der Waals surface area (Å²) < 4.78 is 47.6. The Labute approximate surface area is 153 Å². The van der Waals surface area contributed by atoms with E-state index in [1.165, 1.54) is 12.1 Å². The molecule has 25 heavy (non-hydrogen) atoms. The van der Waals surface area contributed by atoms with Crippen LogP contribution in [0.2, 0.25) is 0 Å². The second-order valence-corrected chi connectivity index (χ2v) is 11.1. The van der Waals surface area contributed by atoms with Gasteiger partial charge in [-0.1, -0.05) is 12.1 Å². The number of hydrogen-bond acceptors (Lipinski definition) is 6. The van der Waals surface area contributed by atoms with Crippen molar-refractivity contribution in [1.82, 2.24) is 4.90 Å². The summed E-state index contributed by atoms with van der Waals surface area (Å²) in [5.41, 5.74) is 1.08. The molecule has 1 aromatic heterocycles. The first-order chi connectivity index (χ1) is 11.6. The zero-order chi connectivity index (χ0) is 18.7. The fourth-order valence-corrected chi connectivity index (χ4v) is 5.90. The van der Waals surface area contributed by atoms with Crippen LogP contribution in [0.15, 0.2) is 49.7 Å². The maximum absolute atomic E-state index is 12.6. The van der Waals surface area contributed by atoms with E-state index in [0.29, 0.717) is 11.3 Å². The van der Waals surface area contributed by atoms with E-state index in [1.807, 2.05) is 14.1 Å². The summed E-state index contributed by atoms with van der Waals surface area (Å²) in [7, 11) is -3.57. The van der Waals surface area contributed by atoms with Gasteiger partial charge in [-0.25, -0.2) is 22.0 Å². The van der Waals surface area contributed by atoms with Crippen LogP contribution in [0.5, 0.6) is 0 Å². The monoisotopic (exact) mass is 402 g/mol. The van der Waals surface area contributed by atoms with Crippen molar-refractivity contribution in [2.75, 3.05) is 20.6 Å². The lowest BCUT2D eigenvalue weighted by molar-refractivity contribution is 0.394. The fraction of sp³-hybridized carbons (Fsp3) is 0.375. The number of sulfonamides is 1. The Hall–Kier alpha value is -1.26. The molecule has 1 heterocycles. The summed E-state index contributed by atoms with van der Waals surface area (Å²) in [6.07, 6.45) is 3.01. The van der Waals surface area contributed by atoms with Gasteiger partial charge < -0.3 is 4.90 Å². The van der Waals surface area contributed by atoms with Gasteiger partial charge in [0.1, 0.15) is 8.42 Å². The highest BCUT2D eigenvalue weighted by Crippen LogP contribution is 2.29. The van der Waals surface area contributed by atoms with Gasteiger partial charge in [0.05, 0.1) is 4.90 Å². The minimum atomic E-state index is -3.90. The zero-order valence-corrected chi connectivity index (χ0v) is 16.6. The Bertz CT molecular complexity index is 915. The second-order valence-electron chi connectivity index (χ2n) is 6.03. The summed E-state index contributed by atoms with van der Waals surface area (Å²) in [6, 6.07) is 9.22. The molecule has 0 amide bonds. The summed E-state index contributed by atoms with van der Waals surface area (Å²) in [4.78, 5) is 2.28.